The summed E-state index contributed by atoms with van der Waals surface area (Å²) in [6.45, 7) is 3.88. The molecule has 1 aliphatic rings. The van der Waals surface area contributed by atoms with Crippen LogP contribution in [0.2, 0.25) is 0 Å². The number of carbonyl (C=O) groups excluding carboxylic acids is 1. The summed E-state index contributed by atoms with van der Waals surface area (Å²) < 4.78 is 60.7. The van der Waals surface area contributed by atoms with Crippen LogP contribution in [0.25, 0.3) is 22.4 Å². The van der Waals surface area contributed by atoms with Crippen LogP contribution < -0.4 is 0 Å². The maximum Gasteiger partial charge on any atom is 0.308 e. The van der Waals surface area contributed by atoms with Crippen molar-refractivity contribution in [3.63, 3.8) is 0 Å². The molecular formula is C26H26ClF2NO5S. The van der Waals surface area contributed by atoms with Crippen LogP contribution in [0.1, 0.15) is 44.7 Å². The molecule has 2 atom stereocenters. The number of halogens is 3. The zero-order valence-electron chi connectivity index (χ0n) is 19.7. The minimum absolute atomic E-state index is 0.0680. The normalized spacial score (nSPS) is 18.5. The van der Waals surface area contributed by atoms with Gasteiger partial charge in [-0.1, -0.05) is 26.0 Å². The summed E-state index contributed by atoms with van der Waals surface area (Å²) in [5.41, 5.74) is 2.12. The van der Waals surface area contributed by atoms with E-state index in [4.69, 9.17) is 15.4 Å². The first-order valence-electron chi connectivity index (χ1n) is 11.6. The van der Waals surface area contributed by atoms with E-state index in [-0.39, 0.29) is 35.8 Å². The molecule has 1 aliphatic heterocycles. The second-order valence-electron chi connectivity index (χ2n) is 9.19. The third-order valence-corrected chi connectivity index (χ3v) is 7.57. The Morgan fingerprint density at radius 3 is 2.11 bits per heavy atom. The van der Waals surface area contributed by atoms with Crippen molar-refractivity contribution >= 4 is 25.7 Å². The Morgan fingerprint density at radius 2 is 1.61 bits per heavy atom. The monoisotopic (exact) mass is 537 g/mol. The van der Waals surface area contributed by atoms with Crippen molar-refractivity contribution in [3.05, 3.63) is 65.9 Å². The molecule has 1 fully saturated rings. The quantitative estimate of drug-likeness (QED) is 0.313. The van der Waals surface area contributed by atoms with Crippen LogP contribution >= 0.6 is 10.7 Å². The Balaban J connectivity index is 1.98. The summed E-state index contributed by atoms with van der Waals surface area (Å²) in [6.07, 6.45) is -0.871. The molecule has 6 nitrogen and oxygen atoms in total. The van der Waals surface area contributed by atoms with Crippen LogP contribution in [-0.2, 0) is 25.1 Å². The molecule has 0 amide bonds. The van der Waals surface area contributed by atoms with E-state index in [0.29, 0.717) is 28.9 Å². The van der Waals surface area contributed by atoms with Crippen LogP contribution in [0.15, 0.2) is 53.4 Å². The van der Waals surface area contributed by atoms with Gasteiger partial charge in [0.05, 0.1) is 18.2 Å². The van der Waals surface area contributed by atoms with Gasteiger partial charge in [0.25, 0.3) is 9.05 Å². The first-order valence-corrected chi connectivity index (χ1v) is 13.9. The number of hydrogen-bond acceptors (Lipinski definition) is 5. The second kappa shape index (κ2) is 10.3. The zero-order chi connectivity index (χ0) is 26.2. The lowest BCUT2D eigenvalue weighted by Gasteiger charge is -2.27. The third-order valence-electron chi connectivity index (χ3n) is 6.21. The Morgan fingerprint density at radius 1 is 1.06 bits per heavy atom. The molecule has 0 bridgehead atoms. The second-order valence-corrected chi connectivity index (χ2v) is 11.7. The molecule has 0 saturated carbocycles. The molecule has 36 heavy (non-hydrogen) atoms. The highest BCUT2D eigenvalue weighted by molar-refractivity contribution is 8.13. The van der Waals surface area contributed by atoms with Gasteiger partial charge in [-0.05, 0) is 53.4 Å². The van der Waals surface area contributed by atoms with E-state index in [1.165, 1.54) is 48.5 Å². The summed E-state index contributed by atoms with van der Waals surface area (Å²) in [7, 11) is 1.71. The van der Waals surface area contributed by atoms with E-state index in [9.17, 15) is 27.1 Å². The van der Waals surface area contributed by atoms with Crippen molar-refractivity contribution < 1.29 is 31.8 Å². The number of ether oxygens (including phenoxy) is 1. The fourth-order valence-corrected chi connectivity index (χ4v) is 6.29. The Labute approximate surface area is 212 Å². The number of aliphatic hydroxyl groups is 1. The predicted molar refractivity (Wildman–Crippen MR) is 132 cm³/mol. The van der Waals surface area contributed by atoms with Gasteiger partial charge in [0.1, 0.15) is 22.6 Å². The lowest BCUT2D eigenvalue weighted by molar-refractivity contribution is -0.160. The molecule has 0 aliphatic carbocycles. The number of hydrogen-bond donors (Lipinski definition) is 1. The number of carbonyl (C=O) groups is 1. The average Bonchev–Trinajstić information content (AvgIpc) is 3.14. The van der Waals surface area contributed by atoms with Crippen molar-refractivity contribution in [2.75, 3.05) is 0 Å². The first-order chi connectivity index (χ1) is 17.0. The minimum Gasteiger partial charge on any atom is -0.462 e. The fraction of sp³-hybridized carbons (Fsp3) is 0.346. The molecule has 1 N–H and O–H groups in total. The Bertz CT molecular complexity index is 1370. The van der Waals surface area contributed by atoms with Gasteiger partial charge in [0.15, 0.2) is 0 Å². The van der Waals surface area contributed by atoms with Crippen molar-refractivity contribution in [1.82, 2.24) is 4.57 Å². The summed E-state index contributed by atoms with van der Waals surface area (Å²) in [5, 5.41) is 10.0. The van der Waals surface area contributed by atoms with E-state index in [0.717, 1.165) is 0 Å². The molecule has 2 heterocycles. The van der Waals surface area contributed by atoms with Gasteiger partial charge in [0.2, 0.25) is 0 Å². The summed E-state index contributed by atoms with van der Waals surface area (Å²) in [5.74, 6) is -1.75. The molecule has 0 spiro atoms. The number of cyclic esters (lactones) is 1. The maximum absolute atomic E-state index is 13.8. The van der Waals surface area contributed by atoms with Gasteiger partial charge in [-0.2, -0.15) is 0 Å². The molecule has 4 rings (SSSR count). The van der Waals surface area contributed by atoms with Gasteiger partial charge in [-0.15, -0.1) is 0 Å². The topological polar surface area (TPSA) is 85.6 Å². The lowest BCUT2D eigenvalue weighted by atomic mass is 10.00. The van der Waals surface area contributed by atoms with Crippen LogP contribution in [-0.4, -0.2) is 36.3 Å². The molecule has 2 aromatic carbocycles. The van der Waals surface area contributed by atoms with Crippen molar-refractivity contribution in [2.24, 2.45) is 0 Å². The highest BCUT2D eigenvalue weighted by Crippen LogP contribution is 2.45. The van der Waals surface area contributed by atoms with Crippen molar-refractivity contribution in [1.29, 1.82) is 0 Å². The smallest absolute Gasteiger partial charge is 0.308 e. The van der Waals surface area contributed by atoms with Crippen LogP contribution in [0.3, 0.4) is 0 Å². The molecule has 192 valence electrons. The fourth-order valence-electron chi connectivity index (χ4n) is 4.77. The SMILES string of the molecule is CC(C)c1c(S(=O)(=O)Cl)c(-c2ccc(F)cc2)c(-c2ccc(F)cc2)n1CCC1C[C@@H](O)CC(=O)O1. The minimum atomic E-state index is -4.29. The summed E-state index contributed by atoms with van der Waals surface area (Å²) in [4.78, 5) is 11.7. The van der Waals surface area contributed by atoms with Gasteiger partial charge in [0, 0.05) is 41.3 Å². The van der Waals surface area contributed by atoms with E-state index in [2.05, 4.69) is 0 Å². The molecular weight excluding hydrogens is 512 g/mol. The highest BCUT2D eigenvalue weighted by atomic mass is 35.7. The zero-order valence-corrected chi connectivity index (χ0v) is 21.3. The number of aromatic nitrogens is 1. The van der Waals surface area contributed by atoms with Gasteiger partial charge >= 0.3 is 5.97 Å². The standard InChI is InChI=1S/C26H26ClF2NO5S/c1-15(2)24-26(36(27,33)34)23(16-3-7-18(28)8-4-16)25(17-5-9-19(29)10-6-17)30(24)12-11-21-13-20(31)14-22(32)35-21/h3-10,15,20-21,31H,11-14H2,1-2H3/t20-,21?/m1/s1. The molecule has 3 aromatic rings. The van der Waals surface area contributed by atoms with E-state index >= 15 is 0 Å². The predicted octanol–water partition coefficient (Wildman–Crippen LogP) is 5.61. The number of rotatable bonds is 7. The van der Waals surface area contributed by atoms with Crippen LogP contribution in [0.5, 0.6) is 0 Å². The van der Waals surface area contributed by atoms with Gasteiger partial charge in [-0.25, -0.2) is 17.2 Å². The number of nitrogens with zero attached hydrogens (tertiary/aromatic N) is 1. The first kappa shape index (κ1) is 26.3. The molecule has 1 saturated heterocycles. The van der Waals surface area contributed by atoms with Crippen LogP contribution in [0.4, 0.5) is 8.78 Å². The Hall–Kier alpha value is -2.75. The molecule has 0 radical (unpaired) electrons. The van der Waals surface area contributed by atoms with Crippen molar-refractivity contribution in [2.45, 2.75) is 62.7 Å². The molecule has 10 heteroatoms. The average molecular weight is 538 g/mol. The Kier molecular flexibility index (Phi) is 7.54. The number of benzene rings is 2. The lowest BCUT2D eigenvalue weighted by Crippen LogP contribution is -2.33. The molecule has 1 unspecified atom stereocenters. The highest BCUT2D eigenvalue weighted by Gasteiger charge is 2.34. The summed E-state index contributed by atoms with van der Waals surface area (Å²) in [6, 6.07) is 11.0. The van der Waals surface area contributed by atoms with Gasteiger partial charge < -0.3 is 14.4 Å². The number of aliphatic hydroxyl groups excluding tert-OH is 1. The maximum atomic E-state index is 13.8. The number of esters is 1. The van der Waals surface area contributed by atoms with Crippen LogP contribution in [0, 0.1) is 11.6 Å². The third kappa shape index (κ3) is 5.48. The van der Waals surface area contributed by atoms with Crippen molar-refractivity contribution in [3.8, 4) is 22.4 Å². The van der Waals surface area contributed by atoms with E-state index in [1.54, 1.807) is 4.57 Å². The molecule has 1 aromatic heterocycles. The summed E-state index contributed by atoms with van der Waals surface area (Å²) >= 11 is 0. The van der Waals surface area contributed by atoms with E-state index in [1.807, 2.05) is 13.8 Å². The van der Waals surface area contributed by atoms with Gasteiger partial charge in [-0.3, -0.25) is 4.79 Å². The van der Waals surface area contributed by atoms with E-state index < -0.39 is 38.9 Å². The largest absolute Gasteiger partial charge is 0.462 e.